The van der Waals surface area contributed by atoms with Crippen molar-refractivity contribution in [2.75, 3.05) is 106 Å². The first-order valence-electron chi connectivity index (χ1n) is 46.3. The van der Waals surface area contributed by atoms with E-state index < -0.39 is 23.9 Å². The maximum atomic E-state index is 10.6. The first kappa shape index (κ1) is 124. The van der Waals surface area contributed by atoms with Crippen LogP contribution in [0.1, 0.15) is 120 Å². The van der Waals surface area contributed by atoms with Crippen molar-refractivity contribution in [3.63, 3.8) is 0 Å². The number of benzene rings is 11. The largest absolute Gasteiger partial charge is 0.507 e. The van der Waals surface area contributed by atoms with Crippen LogP contribution in [0.4, 0.5) is 34.1 Å². The van der Waals surface area contributed by atoms with Gasteiger partial charge < -0.3 is 109 Å². The number of rotatable bonds is 0. The van der Waals surface area contributed by atoms with Crippen LogP contribution in [0.2, 0.25) is 0 Å². The summed E-state index contributed by atoms with van der Waals surface area (Å²) >= 11 is 0. The van der Waals surface area contributed by atoms with Crippen molar-refractivity contribution in [3.8, 4) is 69.0 Å². The Balaban J connectivity index is 0.000000327. The van der Waals surface area contributed by atoms with Crippen LogP contribution in [-0.2, 0) is 142 Å². The van der Waals surface area contributed by atoms with Crippen LogP contribution in [0.15, 0.2) is 270 Å². The number of carboxylic acid groups (broad SMARTS) is 4. The number of aromatic hydroxyl groups is 8. The predicted molar refractivity (Wildman–Crippen MR) is 553 cm³/mol. The molecule has 16 rings (SSSR count). The van der Waals surface area contributed by atoms with Crippen LogP contribution in [0.5, 0.6) is 69.0 Å². The quantitative estimate of drug-likeness (QED) is 0.0495. The van der Waals surface area contributed by atoms with Gasteiger partial charge in [-0.25, -0.2) is 0 Å². The number of phenols is 8. The van der Waals surface area contributed by atoms with Gasteiger partial charge in [0.05, 0.1) is 125 Å². The second-order valence-electron chi connectivity index (χ2n) is 31.7. The molecule has 11 aromatic carbocycles. The summed E-state index contributed by atoms with van der Waals surface area (Å²) in [4.78, 5) is 72.7. The summed E-state index contributed by atoms with van der Waals surface area (Å²) in [6.07, 6.45) is 23.5. The van der Waals surface area contributed by atoms with Crippen molar-refractivity contribution in [3.05, 3.63) is 297 Å². The number of carbonyl (C=O) groups is 4. The number of nitrogens with zero attached hydrogens (tertiary/aromatic N) is 8. The number of carboxylic acids is 4. The zero-order valence-corrected chi connectivity index (χ0v) is 86.6. The van der Waals surface area contributed by atoms with Crippen molar-refractivity contribution in [1.82, 2.24) is 0 Å². The average molecular weight is 2190 g/mol. The number of para-hydroxylation sites is 14. The molecular weight excluding hydrogens is 2070 g/mol. The summed E-state index contributed by atoms with van der Waals surface area (Å²) in [5, 5.41) is 114. The average Bonchev–Trinajstić information content (AvgIpc) is 0.881. The summed E-state index contributed by atoms with van der Waals surface area (Å²) in [7, 11) is 0. The van der Waals surface area contributed by atoms with E-state index in [1.807, 2.05) is 182 Å². The Morgan fingerprint density at radius 3 is 0.662 bits per heavy atom. The first-order chi connectivity index (χ1) is 69.8. The molecule has 4 aliphatic heterocycles. The van der Waals surface area contributed by atoms with Gasteiger partial charge >= 0.3 is 0 Å². The molecule has 2 atom stereocenters. The van der Waals surface area contributed by atoms with Gasteiger partial charge in [0.15, 0.2) is 46.0 Å². The Morgan fingerprint density at radius 2 is 0.426 bits per heavy atom. The number of allylic oxidation sites excluding steroid dienone is 2. The molecule has 4 radical (unpaired) electrons. The van der Waals surface area contributed by atoms with Crippen LogP contribution < -0.4 is 18.9 Å². The normalized spacial score (nSPS) is 15.1. The van der Waals surface area contributed by atoms with E-state index in [1.165, 1.54) is 0 Å². The number of phenolic OH excluding ortho intramolecular Hbond substituents is 8. The molecule has 0 saturated heterocycles. The van der Waals surface area contributed by atoms with Crippen molar-refractivity contribution in [1.29, 1.82) is 0 Å². The Kier molecular flexibility index (Phi) is 58.6. The minimum atomic E-state index is -0.833. The molecular formula is C110H120Mn4N8O26. The third-order valence-electron chi connectivity index (χ3n) is 20.9. The van der Waals surface area contributed by atoms with E-state index in [1.54, 1.807) is 98.2 Å². The number of hydrogen-bond acceptors (Lipinski definition) is 30. The Morgan fingerprint density at radius 1 is 0.236 bits per heavy atom. The topological polar surface area (TPSA) is 502 Å². The molecule has 0 aromatic heterocycles. The van der Waals surface area contributed by atoms with Gasteiger partial charge in [-0.15, -0.1) is 0 Å². The predicted octanol–water partition coefficient (Wildman–Crippen LogP) is 18.5. The maximum absolute atomic E-state index is 10.6. The fourth-order valence-electron chi connectivity index (χ4n) is 13.9. The minimum Gasteiger partial charge on any atom is -0.507 e. The van der Waals surface area contributed by atoms with Crippen molar-refractivity contribution >= 4 is 108 Å². The molecule has 148 heavy (non-hydrogen) atoms. The molecule has 0 spiro atoms. The summed E-state index contributed by atoms with van der Waals surface area (Å²) in [5.74, 6) is -0.838. The van der Waals surface area contributed by atoms with E-state index in [0.717, 1.165) is 75.6 Å². The smallest absolute Gasteiger partial charge is 0.300 e. The maximum Gasteiger partial charge on any atom is 0.300 e. The van der Waals surface area contributed by atoms with Gasteiger partial charge in [-0.05, 0) is 170 Å². The van der Waals surface area contributed by atoms with E-state index >= 15 is 0 Å². The third kappa shape index (κ3) is 44.3. The van der Waals surface area contributed by atoms with Crippen LogP contribution in [0, 0.1) is 0 Å². The second-order valence-corrected chi connectivity index (χ2v) is 31.7. The van der Waals surface area contributed by atoms with Crippen molar-refractivity contribution in [2.45, 2.75) is 91.1 Å². The fourth-order valence-corrected chi connectivity index (χ4v) is 13.9. The standard InChI is InChI=1S/C26H32N2O6.C26H26N2O6.C26H26N2O4.C24H20N2O2.4C2H4O2.4Mn/c2*29-25-19-5-3-9-23(25)33-15-13-31-11-12-32-14-16-34-24-10-4-6-20(26(24)30)18-28-22-8-2-1-7-21(22)27-17-19;29-25-19-5-3-7-21(25)17-27-23-9-1-2-10-24(23)28-18-22-8-4-6-20(26(22)30)12-14-32-16-15-31-13-11-19;27-23-17-7-1-2-8-18-10-6-12-20(24(18)28)16-26-22-14-4-3-13-21(22)25-15-19(23)11-5-9-17;4*1-2(3)4;;;;/h3-6,9-10,17-18,21-22,29-30H,1-2,7-8,11-16H2;1-10,17-18,29-30H,11-16H2;1-10,17-18,29-30H,11-16H2;1-6,9-16,27-28H,7-8H2;4*1H3,(H,3,4);;;;. The van der Waals surface area contributed by atoms with Gasteiger partial charge in [0.1, 0.15) is 49.4 Å². The molecule has 1 saturated carbocycles. The molecule has 11 aromatic rings. The van der Waals surface area contributed by atoms with E-state index in [2.05, 4.69) is 30.0 Å². The Labute approximate surface area is 900 Å². The van der Waals surface area contributed by atoms with Crippen LogP contribution in [0.3, 0.4) is 0 Å². The molecule has 1 aliphatic carbocycles. The van der Waals surface area contributed by atoms with Crippen LogP contribution in [0.25, 0.3) is 0 Å². The van der Waals surface area contributed by atoms with Gasteiger partial charge in [-0.2, -0.15) is 0 Å². The Hall–Kier alpha value is -14.2. The minimum absolute atomic E-state index is 0. The SMILES string of the molecule is CC(=O)O.CC(=O)O.CC(=O)O.CC(=O)O.Oc1c2cccc1CC=CCc1cccc(c1O)C=Nc1ccccc1N=C2.Oc1c2cccc1CCOCCOCCc1cccc(c1O)C=Nc1ccccc1N=C2.Oc1c2cccc1OCCOCCOCCOc1cccc(c1O)C=NC1CCCCC1N=C2.Oc1c2cccc1OCCOCCOCCOc1cccc(c1O)C=Nc1ccccc1N=C2.[Mn].[Mn].[Mn].[Mn]. The molecule has 1 fully saturated rings. The molecule has 2 unspecified atom stereocenters. The van der Waals surface area contributed by atoms with Crippen LogP contribution in [-0.4, -0.2) is 253 Å². The zero-order valence-electron chi connectivity index (χ0n) is 81.9. The summed E-state index contributed by atoms with van der Waals surface area (Å²) in [6, 6.07) is 66.0. The number of hydrogen-bond donors (Lipinski definition) is 12. The summed E-state index contributed by atoms with van der Waals surface area (Å²) in [5.41, 5.74) is 12.0. The molecule has 5 aliphatic rings. The molecule has 12 N–H and O–H groups in total. The van der Waals surface area contributed by atoms with Crippen molar-refractivity contribution in [2.24, 2.45) is 39.9 Å². The Bertz CT molecular complexity index is 5870. The van der Waals surface area contributed by atoms with E-state index in [4.69, 9.17) is 97.0 Å². The molecule has 784 valence electrons. The number of fused-ring (bicyclic) bond motifs is 20. The first-order valence-corrected chi connectivity index (χ1v) is 46.3. The van der Waals surface area contributed by atoms with Crippen molar-refractivity contribution < 1.29 is 196 Å². The summed E-state index contributed by atoms with van der Waals surface area (Å²) in [6.45, 7) is 10.5. The number of aliphatic carboxylic acids is 4. The van der Waals surface area contributed by atoms with Gasteiger partial charge in [-0.3, -0.25) is 59.1 Å². The van der Waals surface area contributed by atoms with Gasteiger partial charge in [0.2, 0.25) is 0 Å². The molecule has 16 bridgehead atoms. The molecule has 34 nitrogen and oxygen atoms in total. The number of ether oxygens (including phenoxy) is 10. The second kappa shape index (κ2) is 69.8. The van der Waals surface area contributed by atoms with Crippen LogP contribution >= 0.6 is 0 Å². The zero-order chi connectivity index (χ0) is 103. The molecule has 38 heteroatoms. The molecule has 0 amide bonds. The summed E-state index contributed by atoms with van der Waals surface area (Å²) < 4.78 is 56.0. The fraction of sp³-hybridized carbons (Fsp3) is 0.273. The van der Waals surface area contributed by atoms with E-state index in [9.17, 15) is 40.9 Å². The third-order valence-corrected chi connectivity index (χ3v) is 20.9. The van der Waals surface area contributed by atoms with Gasteiger partial charge in [-0.1, -0.05) is 134 Å². The van der Waals surface area contributed by atoms with Gasteiger partial charge in [0.25, 0.3) is 23.9 Å². The van der Waals surface area contributed by atoms with Gasteiger partial charge in [0, 0.05) is 190 Å². The monoisotopic (exact) mass is 2190 g/mol. The van der Waals surface area contributed by atoms with E-state index in [0.29, 0.717) is 220 Å². The molecule has 4 heterocycles. The van der Waals surface area contributed by atoms with E-state index in [-0.39, 0.29) is 140 Å². The number of aliphatic imine (C=N–C) groups is 8.